The van der Waals surface area contributed by atoms with E-state index < -0.39 is 0 Å². The van der Waals surface area contributed by atoms with Crippen LogP contribution in [0, 0.1) is 0 Å². The maximum absolute atomic E-state index is 5.34. The Hall–Kier alpha value is -5.08. The highest BCUT2D eigenvalue weighted by Crippen LogP contribution is 2.33. The van der Waals surface area contributed by atoms with Gasteiger partial charge in [0.2, 0.25) is 5.82 Å². The second-order valence-corrected chi connectivity index (χ2v) is 12.4. The molecular formula is C38H40N8. The Labute approximate surface area is 270 Å². The lowest BCUT2D eigenvalue weighted by Gasteiger charge is -2.36. The van der Waals surface area contributed by atoms with Crippen molar-refractivity contribution >= 4 is 5.82 Å². The molecule has 3 heterocycles. The van der Waals surface area contributed by atoms with Crippen molar-refractivity contribution in [1.82, 2.24) is 35.1 Å². The first kappa shape index (κ1) is 29.6. The van der Waals surface area contributed by atoms with Crippen LogP contribution in [0.25, 0.3) is 22.5 Å². The van der Waals surface area contributed by atoms with Gasteiger partial charge in [-0.25, -0.2) is 4.98 Å². The topological polar surface area (TPSA) is 78.8 Å². The third-order valence-electron chi connectivity index (χ3n) is 8.83. The molecule has 1 aliphatic heterocycles. The summed E-state index contributed by atoms with van der Waals surface area (Å²) in [6.07, 6.45) is 2.02. The summed E-state index contributed by atoms with van der Waals surface area (Å²) in [5, 5.41) is 14.8. The third kappa shape index (κ3) is 6.48. The van der Waals surface area contributed by atoms with Gasteiger partial charge >= 0.3 is 0 Å². The molecular weight excluding hydrogens is 568 g/mol. The van der Waals surface area contributed by atoms with E-state index in [9.17, 15) is 0 Å². The summed E-state index contributed by atoms with van der Waals surface area (Å²) < 4.78 is 2.48. The summed E-state index contributed by atoms with van der Waals surface area (Å²) in [6.45, 7) is 8.99. The number of H-pyrrole nitrogens is 1. The van der Waals surface area contributed by atoms with E-state index in [1.807, 2.05) is 18.2 Å². The summed E-state index contributed by atoms with van der Waals surface area (Å²) in [5.41, 5.74) is 8.46. The van der Waals surface area contributed by atoms with Gasteiger partial charge in [-0.1, -0.05) is 123 Å². The number of hydrogen-bond acceptors (Lipinski definition) is 6. The minimum absolute atomic E-state index is 0.306. The standard InChI is InChI=1S/C38H40N8/c1-28(2)37-39-38-35(26-44(23-21-29-11-5-3-6-12-29)27-45(38)24-22-30-13-7-4-8-14-30)46(37)25-31-17-19-32(20-18-31)33-15-9-10-16-34(33)36-40-42-43-41-36/h3-20,28H,21-27H2,1-2H3,(H,40,41,42,43). The van der Waals surface area contributed by atoms with Crippen LogP contribution in [0.3, 0.4) is 0 Å². The van der Waals surface area contributed by atoms with Crippen molar-refractivity contribution in [2.75, 3.05) is 24.7 Å². The van der Waals surface area contributed by atoms with Crippen LogP contribution in [0.4, 0.5) is 5.82 Å². The van der Waals surface area contributed by atoms with Crippen molar-refractivity contribution in [3.8, 4) is 22.5 Å². The number of rotatable bonds is 11. The zero-order valence-electron chi connectivity index (χ0n) is 26.5. The zero-order chi connectivity index (χ0) is 31.3. The van der Waals surface area contributed by atoms with Crippen molar-refractivity contribution in [2.45, 2.75) is 45.7 Å². The molecule has 1 aliphatic rings. The fourth-order valence-electron chi connectivity index (χ4n) is 6.43. The monoisotopic (exact) mass is 608 g/mol. The van der Waals surface area contributed by atoms with Gasteiger partial charge in [-0.2, -0.15) is 5.21 Å². The largest absolute Gasteiger partial charge is 0.342 e. The second kappa shape index (κ2) is 13.5. The zero-order valence-corrected chi connectivity index (χ0v) is 26.5. The molecule has 2 aromatic heterocycles. The number of aromatic nitrogens is 6. The highest BCUT2D eigenvalue weighted by Gasteiger charge is 2.30. The molecule has 0 saturated heterocycles. The van der Waals surface area contributed by atoms with Gasteiger partial charge in [0.1, 0.15) is 5.82 Å². The van der Waals surface area contributed by atoms with Crippen molar-refractivity contribution in [2.24, 2.45) is 0 Å². The summed E-state index contributed by atoms with van der Waals surface area (Å²) in [4.78, 5) is 10.4. The van der Waals surface area contributed by atoms with Gasteiger partial charge in [0.25, 0.3) is 0 Å². The molecule has 0 saturated carbocycles. The van der Waals surface area contributed by atoms with Crippen LogP contribution in [0.1, 0.15) is 48.0 Å². The van der Waals surface area contributed by atoms with Gasteiger partial charge in [0.15, 0.2) is 5.82 Å². The number of nitrogens with zero attached hydrogens (tertiary/aromatic N) is 7. The number of benzene rings is 4. The molecule has 6 aromatic rings. The molecule has 0 amide bonds. The van der Waals surface area contributed by atoms with Crippen LogP contribution in [0.15, 0.2) is 109 Å². The molecule has 8 heteroatoms. The lowest BCUT2D eigenvalue weighted by Crippen LogP contribution is -2.44. The summed E-state index contributed by atoms with van der Waals surface area (Å²) in [5.74, 6) is 3.19. The number of aromatic amines is 1. The Morgan fingerprint density at radius 2 is 1.37 bits per heavy atom. The lowest BCUT2D eigenvalue weighted by molar-refractivity contribution is 0.247. The predicted octanol–water partition coefficient (Wildman–Crippen LogP) is 6.97. The fourth-order valence-corrected chi connectivity index (χ4v) is 6.43. The van der Waals surface area contributed by atoms with Gasteiger partial charge < -0.3 is 9.47 Å². The van der Waals surface area contributed by atoms with Crippen molar-refractivity contribution in [3.05, 3.63) is 137 Å². The Bertz CT molecular complexity index is 1840. The quantitative estimate of drug-likeness (QED) is 0.171. The van der Waals surface area contributed by atoms with E-state index in [1.54, 1.807) is 0 Å². The van der Waals surface area contributed by atoms with Crippen molar-refractivity contribution in [1.29, 1.82) is 0 Å². The molecule has 0 aliphatic carbocycles. The molecule has 46 heavy (non-hydrogen) atoms. The Morgan fingerprint density at radius 3 is 2.02 bits per heavy atom. The SMILES string of the molecule is CC(C)c1nc2c(n1Cc1ccc(-c3ccccc3-c3nn[nH]n3)cc1)CN(CCc1ccccc1)CN2CCc1ccccc1. The Balaban J connectivity index is 1.18. The summed E-state index contributed by atoms with van der Waals surface area (Å²) in [7, 11) is 0. The number of tetrazole rings is 1. The molecule has 1 N–H and O–H groups in total. The Morgan fingerprint density at radius 1 is 0.717 bits per heavy atom. The fraction of sp³-hybridized carbons (Fsp3) is 0.263. The maximum atomic E-state index is 5.34. The van der Waals surface area contributed by atoms with E-state index in [1.165, 1.54) is 22.4 Å². The van der Waals surface area contributed by atoms with E-state index in [2.05, 4.69) is 140 Å². The van der Waals surface area contributed by atoms with E-state index >= 15 is 0 Å². The first-order valence-corrected chi connectivity index (χ1v) is 16.2. The molecule has 232 valence electrons. The molecule has 4 aromatic carbocycles. The van der Waals surface area contributed by atoms with Crippen LogP contribution in [-0.2, 0) is 25.9 Å². The van der Waals surface area contributed by atoms with E-state index in [4.69, 9.17) is 4.98 Å². The molecule has 8 nitrogen and oxygen atoms in total. The molecule has 7 rings (SSSR count). The van der Waals surface area contributed by atoms with Crippen LogP contribution < -0.4 is 4.90 Å². The Kier molecular flexibility index (Phi) is 8.69. The van der Waals surface area contributed by atoms with Crippen molar-refractivity contribution in [3.63, 3.8) is 0 Å². The minimum Gasteiger partial charge on any atom is -0.342 e. The normalized spacial score (nSPS) is 13.3. The highest BCUT2D eigenvalue weighted by molar-refractivity contribution is 5.80. The minimum atomic E-state index is 0.306. The smallest absolute Gasteiger partial charge is 0.205 e. The number of nitrogens with one attached hydrogen (secondary N) is 1. The molecule has 0 spiro atoms. The van der Waals surface area contributed by atoms with Crippen LogP contribution in [0.5, 0.6) is 0 Å². The van der Waals surface area contributed by atoms with E-state index in [0.717, 1.165) is 74.0 Å². The first-order valence-electron chi connectivity index (χ1n) is 16.2. The number of anilines is 1. The average molecular weight is 609 g/mol. The predicted molar refractivity (Wildman–Crippen MR) is 183 cm³/mol. The van der Waals surface area contributed by atoms with Gasteiger partial charge in [0.05, 0.1) is 12.4 Å². The van der Waals surface area contributed by atoms with Crippen LogP contribution in [0.2, 0.25) is 0 Å². The molecule has 0 radical (unpaired) electrons. The number of imidazole rings is 1. The average Bonchev–Trinajstić information content (AvgIpc) is 3.77. The van der Waals surface area contributed by atoms with Gasteiger partial charge in [-0.3, -0.25) is 4.90 Å². The highest BCUT2D eigenvalue weighted by atomic mass is 15.5. The molecule has 0 bridgehead atoms. The summed E-state index contributed by atoms with van der Waals surface area (Å²) in [6, 6.07) is 38.7. The van der Waals surface area contributed by atoms with Gasteiger partial charge in [0, 0.05) is 37.7 Å². The van der Waals surface area contributed by atoms with Gasteiger partial charge in [-0.15, -0.1) is 10.2 Å². The van der Waals surface area contributed by atoms with Crippen molar-refractivity contribution < 1.29 is 0 Å². The lowest BCUT2D eigenvalue weighted by atomic mass is 9.98. The van der Waals surface area contributed by atoms with Gasteiger partial charge in [-0.05, 0) is 45.9 Å². The molecule has 0 fully saturated rings. The van der Waals surface area contributed by atoms with E-state index in [-0.39, 0.29) is 0 Å². The van der Waals surface area contributed by atoms with Crippen LogP contribution in [-0.4, -0.2) is 54.8 Å². The molecule has 0 unspecified atom stereocenters. The maximum Gasteiger partial charge on any atom is 0.205 e. The summed E-state index contributed by atoms with van der Waals surface area (Å²) >= 11 is 0. The third-order valence-corrected chi connectivity index (χ3v) is 8.83. The van der Waals surface area contributed by atoms with E-state index in [0.29, 0.717) is 11.7 Å². The number of fused-ring (bicyclic) bond motifs is 1. The second-order valence-electron chi connectivity index (χ2n) is 12.4. The first-order chi connectivity index (χ1) is 22.6. The number of hydrogen-bond donors (Lipinski definition) is 1. The van der Waals surface area contributed by atoms with Crippen LogP contribution >= 0.6 is 0 Å². The molecule has 0 atom stereocenters.